The maximum absolute atomic E-state index is 10.2. The van der Waals surface area contributed by atoms with E-state index in [4.69, 9.17) is 4.74 Å². The monoisotopic (exact) mass is 458 g/mol. The number of ether oxygens (including phenoxy) is 1. The van der Waals surface area contributed by atoms with Gasteiger partial charge in [-0.3, -0.25) is 0 Å². The third-order valence-electron chi connectivity index (χ3n) is 11.1. The van der Waals surface area contributed by atoms with Crippen molar-refractivity contribution < 1.29 is 9.84 Å². The molecule has 2 nitrogen and oxygen atoms in total. The third kappa shape index (κ3) is 5.00. The van der Waals surface area contributed by atoms with Gasteiger partial charge in [0.05, 0.1) is 6.10 Å². The molecule has 0 aromatic rings. The van der Waals surface area contributed by atoms with E-state index in [0.29, 0.717) is 10.8 Å². The molecule has 0 saturated heterocycles. The summed E-state index contributed by atoms with van der Waals surface area (Å²) in [6.45, 7) is 14.7. The number of fused-ring (bicyclic) bond motifs is 5. The minimum Gasteiger partial charge on any atom is -0.368 e. The molecule has 0 aliphatic heterocycles. The van der Waals surface area contributed by atoms with Crippen LogP contribution in [0, 0.1) is 46.3 Å². The fourth-order valence-electron chi connectivity index (χ4n) is 9.31. The summed E-state index contributed by atoms with van der Waals surface area (Å²) in [5.41, 5.74) is 2.62. The van der Waals surface area contributed by atoms with Gasteiger partial charge in [-0.1, -0.05) is 78.9 Å². The van der Waals surface area contributed by atoms with Gasteiger partial charge in [0.15, 0.2) is 6.29 Å². The van der Waals surface area contributed by atoms with E-state index >= 15 is 0 Å². The van der Waals surface area contributed by atoms with Gasteiger partial charge >= 0.3 is 0 Å². The van der Waals surface area contributed by atoms with Gasteiger partial charge in [0.25, 0.3) is 0 Å². The van der Waals surface area contributed by atoms with Gasteiger partial charge in [-0.05, 0) is 104 Å². The molecule has 0 radical (unpaired) electrons. The Bertz CT molecular complexity index is 682. The predicted molar refractivity (Wildman–Crippen MR) is 139 cm³/mol. The molecule has 0 amide bonds. The van der Waals surface area contributed by atoms with Crippen LogP contribution in [0.25, 0.3) is 0 Å². The fraction of sp³-hybridized carbons (Fsp3) is 0.935. The number of allylic oxidation sites excluding steroid dienone is 1. The average Bonchev–Trinajstić information content (AvgIpc) is 3.11. The van der Waals surface area contributed by atoms with Crippen LogP contribution in [0.3, 0.4) is 0 Å². The molecule has 3 saturated carbocycles. The van der Waals surface area contributed by atoms with Crippen LogP contribution in [0.5, 0.6) is 0 Å². The highest BCUT2D eigenvalue weighted by atomic mass is 16.6. The summed E-state index contributed by atoms with van der Waals surface area (Å²) in [4.78, 5) is 0. The number of aliphatic hydroxyl groups is 1. The van der Waals surface area contributed by atoms with Crippen LogP contribution in [-0.2, 0) is 4.74 Å². The molecule has 0 bridgehead atoms. The van der Waals surface area contributed by atoms with E-state index in [9.17, 15) is 5.11 Å². The molecule has 1 N–H and O–H groups in total. The normalized spacial score (nSPS) is 42.3. The Hall–Kier alpha value is -0.340. The first-order valence-electron chi connectivity index (χ1n) is 14.7. The van der Waals surface area contributed by atoms with Gasteiger partial charge in [0.2, 0.25) is 0 Å². The van der Waals surface area contributed by atoms with E-state index in [0.717, 1.165) is 61.2 Å². The molecule has 4 aliphatic rings. The summed E-state index contributed by atoms with van der Waals surface area (Å²) in [5, 5.41) is 10.2. The zero-order chi connectivity index (χ0) is 23.8. The summed E-state index contributed by atoms with van der Waals surface area (Å²) < 4.78 is 6.05. The van der Waals surface area contributed by atoms with Gasteiger partial charge in [-0.15, -0.1) is 0 Å². The maximum Gasteiger partial charge on any atom is 0.154 e. The molecule has 9 atom stereocenters. The maximum atomic E-state index is 10.2. The Morgan fingerprint density at radius 3 is 2.52 bits per heavy atom. The highest BCUT2D eigenvalue weighted by molar-refractivity contribution is 5.25. The molecule has 3 fully saturated rings. The fourth-order valence-corrected chi connectivity index (χ4v) is 9.31. The van der Waals surface area contributed by atoms with E-state index in [1.54, 1.807) is 5.57 Å². The van der Waals surface area contributed by atoms with Crippen LogP contribution >= 0.6 is 0 Å². The van der Waals surface area contributed by atoms with Crippen molar-refractivity contribution in [3.63, 3.8) is 0 Å². The van der Waals surface area contributed by atoms with E-state index < -0.39 is 6.29 Å². The van der Waals surface area contributed by atoms with Gasteiger partial charge in [-0.2, -0.15) is 0 Å². The molecular formula is C31H54O2. The molecule has 190 valence electrons. The minimum atomic E-state index is -0.574. The van der Waals surface area contributed by atoms with E-state index in [-0.39, 0.29) is 6.10 Å². The quantitative estimate of drug-likeness (QED) is 0.277. The molecule has 4 aliphatic carbocycles. The first-order valence-corrected chi connectivity index (χ1v) is 14.7. The first-order chi connectivity index (χ1) is 15.7. The second-order valence-corrected chi connectivity index (χ2v) is 13.5. The zero-order valence-electron chi connectivity index (χ0n) is 22.7. The number of hydrogen-bond acceptors (Lipinski definition) is 2. The number of rotatable bonds is 9. The number of hydrogen-bond donors (Lipinski definition) is 1. The van der Waals surface area contributed by atoms with Crippen LogP contribution in [0.1, 0.15) is 125 Å². The van der Waals surface area contributed by atoms with Crippen LogP contribution in [0.2, 0.25) is 0 Å². The van der Waals surface area contributed by atoms with Gasteiger partial charge < -0.3 is 9.84 Å². The summed E-state index contributed by atoms with van der Waals surface area (Å²) in [7, 11) is 0. The summed E-state index contributed by atoms with van der Waals surface area (Å²) in [6.07, 6.45) is 18.9. The molecule has 5 unspecified atom stereocenters. The second-order valence-electron chi connectivity index (χ2n) is 13.5. The largest absolute Gasteiger partial charge is 0.368 e. The average molecular weight is 459 g/mol. The van der Waals surface area contributed by atoms with E-state index in [1.807, 2.05) is 0 Å². The molecular weight excluding hydrogens is 404 g/mol. The van der Waals surface area contributed by atoms with Crippen molar-refractivity contribution in [2.24, 2.45) is 46.3 Å². The molecule has 0 spiro atoms. The Labute approximate surface area is 205 Å². The lowest BCUT2D eigenvalue weighted by Crippen LogP contribution is -2.51. The van der Waals surface area contributed by atoms with Crippen LogP contribution in [0.15, 0.2) is 11.6 Å². The second kappa shape index (κ2) is 10.3. The number of aliphatic hydroxyl groups excluding tert-OH is 1. The Balaban J connectivity index is 1.43. The van der Waals surface area contributed by atoms with E-state index in [2.05, 4.69) is 47.6 Å². The lowest BCUT2D eigenvalue weighted by Gasteiger charge is -2.58. The van der Waals surface area contributed by atoms with Crippen LogP contribution in [-0.4, -0.2) is 17.5 Å². The molecule has 0 aromatic carbocycles. The topological polar surface area (TPSA) is 29.5 Å². The SMILES string of the molecule is CCCC(O)O[C@@H]1CC[C@@]2(C)C(=CCC3C2CC[C@@]2(C)C3CC[C@@H]2C(C)CCCC(C)C)C1. The minimum absolute atomic E-state index is 0.221. The van der Waals surface area contributed by atoms with Crippen LogP contribution in [0.4, 0.5) is 0 Å². The van der Waals surface area contributed by atoms with Crippen molar-refractivity contribution in [1.82, 2.24) is 0 Å². The molecule has 4 rings (SSSR count). The Kier molecular flexibility index (Phi) is 8.06. The molecule has 0 aromatic heterocycles. The highest BCUT2D eigenvalue weighted by Gasteiger charge is 2.59. The Morgan fingerprint density at radius 1 is 1.00 bits per heavy atom. The summed E-state index contributed by atoms with van der Waals surface area (Å²) >= 11 is 0. The van der Waals surface area contributed by atoms with Gasteiger partial charge in [-0.25, -0.2) is 0 Å². The zero-order valence-corrected chi connectivity index (χ0v) is 22.7. The molecule has 2 heteroatoms. The van der Waals surface area contributed by atoms with Crippen molar-refractivity contribution in [3.8, 4) is 0 Å². The predicted octanol–water partition coefficient (Wildman–Crippen LogP) is 8.53. The van der Waals surface area contributed by atoms with Crippen molar-refractivity contribution >= 4 is 0 Å². The van der Waals surface area contributed by atoms with Gasteiger partial charge in [0, 0.05) is 0 Å². The molecule has 33 heavy (non-hydrogen) atoms. The Morgan fingerprint density at radius 2 is 1.79 bits per heavy atom. The lowest BCUT2D eigenvalue weighted by molar-refractivity contribution is -0.152. The van der Waals surface area contributed by atoms with Crippen molar-refractivity contribution in [1.29, 1.82) is 0 Å². The van der Waals surface area contributed by atoms with Gasteiger partial charge in [0.1, 0.15) is 0 Å². The van der Waals surface area contributed by atoms with Crippen molar-refractivity contribution in [2.45, 2.75) is 137 Å². The third-order valence-corrected chi connectivity index (χ3v) is 11.1. The van der Waals surface area contributed by atoms with Crippen LogP contribution < -0.4 is 0 Å². The van der Waals surface area contributed by atoms with Crippen molar-refractivity contribution in [2.75, 3.05) is 0 Å². The standard InChI is InChI=1S/C31H54O2/c1-7-9-29(32)33-24-16-18-30(5)23(20-24)12-13-25-27-15-14-26(22(4)11-8-10-21(2)3)31(27,6)19-17-28(25)30/h12,21-22,24-29,32H,7-11,13-20H2,1-6H3/t22?,24-,25?,26-,27?,28?,29?,30+,31-/m1/s1. The summed E-state index contributed by atoms with van der Waals surface area (Å²) in [6, 6.07) is 0. The smallest absolute Gasteiger partial charge is 0.154 e. The molecule has 0 heterocycles. The first kappa shape index (κ1) is 25.7. The summed E-state index contributed by atoms with van der Waals surface area (Å²) in [5.74, 6) is 5.38. The van der Waals surface area contributed by atoms with E-state index in [1.165, 1.54) is 57.8 Å². The van der Waals surface area contributed by atoms with Crippen molar-refractivity contribution in [3.05, 3.63) is 11.6 Å². The lowest BCUT2D eigenvalue weighted by atomic mass is 9.47. The highest BCUT2D eigenvalue weighted by Crippen LogP contribution is 2.67.